The van der Waals surface area contributed by atoms with Gasteiger partial charge in [0.05, 0.1) is 10.6 Å². The molecule has 106 valence electrons. The lowest BCUT2D eigenvalue weighted by Gasteiger charge is -2.44. The number of hydrogen-bond donors (Lipinski definition) is 1. The second-order valence-electron chi connectivity index (χ2n) is 5.06. The number of piperazine rings is 1. The zero-order chi connectivity index (χ0) is 14.9. The van der Waals surface area contributed by atoms with Crippen LogP contribution in [0.5, 0.6) is 0 Å². The Morgan fingerprint density at radius 1 is 1.40 bits per heavy atom. The van der Waals surface area contributed by atoms with Crippen molar-refractivity contribution in [2.45, 2.75) is 25.9 Å². The minimum absolute atomic E-state index is 0.0614. The number of carboxylic acid groups (broad SMARTS) is 1. The summed E-state index contributed by atoms with van der Waals surface area (Å²) in [7, 11) is 0. The smallest absolute Gasteiger partial charge is 0.407 e. The van der Waals surface area contributed by atoms with E-state index in [0.29, 0.717) is 23.7 Å². The third kappa shape index (κ3) is 2.66. The number of nitrogens with zero attached hydrogens (tertiary/aromatic N) is 3. The molecule has 0 aliphatic carbocycles. The summed E-state index contributed by atoms with van der Waals surface area (Å²) in [6, 6.07) is 7.32. The molecule has 0 spiro atoms. The number of rotatable bonds is 1. The molecule has 1 heterocycles. The van der Waals surface area contributed by atoms with Gasteiger partial charge in [-0.2, -0.15) is 5.26 Å². The molecule has 5 nitrogen and oxygen atoms in total. The van der Waals surface area contributed by atoms with E-state index in [4.69, 9.17) is 22.0 Å². The van der Waals surface area contributed by atoms with Crippen molar-refractivity contribution in [2.24, 2.45) is 0 Å². The fourth-order valence-electron chi connectivity index (χ4n) is 2.53. The Hall–Kier alpha value is -1.93. The highest BCUT2D eigenvalue weighted by molar-refractivity contribution is 6.32. The maximum atomic E-state index is 11.1. The summed E-state index contributed by atoms with van der Waals surface area (Å²) in [5.74, 6) is 0. The van der Waals surface area contributed by atoms with Crippen molar-refractivity contribution in [3.05, 3.63) is 28.8 Å². The largest absolute Gasteiger partial charge is 0.465 e. The van der Waals surface area contributed by atoms with Gasteiger partial charge in [0.1, 0.15) is 6.07 Å². The highest BCUT2D eigenvalue weighted by Crippen LogP contribution is 2.27. The summed E-state index contributed by atoms with van der Waals surface area (Å²) in [5, 5.41) is 18.5. The fraction of sp³-hybridized carbons (Fsp3) is 0.429. The molecule has 1 aliphatic rings. The van der Waals surface area contributed by atoms with Crippen LogP contribution in [0.4, 0.5) is 10.5 Å². The average molecular weight is 294 g/mol. The number of amides is 1. The summed E-state index contributed by atoms with van der Waals surface area (Å²) in [6.07, 6.45) is -0.887. The minimum Gasteiger partial charge on any atom is -0.465 e. The van der Waals surface area contributed by atoms with Gasteiger partial charge in [-0.1, -0.05) is 11.6 Å². The summed E-state index contributed by atoms with van der Waals surface area (Å²) in [4.78, 5) is 14.7. The van der Waals surface area contributed by atoms with Crippen molar-refractivity contribution in [1.29, 1.82) is 5.26 Å². The van der Waals surface area contributed by atoms with Crippen LogP contribution in [0.15, 0.2) is 18.2 Å². The van der Waals surface area contributed by atoms with Crippen molar-refractivity contribution < 1.29 is 9.90 Å². The van der Waals surface area contributed by atoms with Gasteiger partial charge in [0.2, 0.25) is 0 Å². The summed E-state index contributed by atoms with van der Waals surface area (Å²) < 4.78 is 0. The van der Waals surface area contributed by atoms with E-state index >= 15 is 0 Å². The first-order valence-electron chi connectivity index (χ1n) is 6.40. The predicted molar refractivity (Wildman–Crippen MR) is 77.2 cm³/mol. The van der Waals surface area contributed by atoms with Crippen molar-refractivity contribution in [3.63, 3.8) is 0 Å². The SMILES string of the molecule is C[C@@H]1CN(c2ccc(C#N)c(Cl)c2)[C@@H](C)CN1C(=O)O. The first-order valence-corrected chi connectivity index (χ1v) is 6.77. The lowest BCUT2D eigenvalue weighted by Crippen LogP contribution is -2.58. The molecule has 2 rings (SSSR count). The predicted octanol–water partition coefficient (Wildman–Crippen LogP) is 2.79. The quantitative estimate of drug-likeness (QED) is 0.864. The number of carbonyl (C=O) groups is 1. The molecule has 1 aliphatic heterocycles. The number of benzene rings is 1. The third-order valence-electron chi connectivity index (χ3n) is 3.64. The molecule has 0 unspecified atom stereocenters. The second kappa shape index (κ2) is 5.59. The van der Waals surface area contributed by atoms with E-state index in [1.165, 1.54) is 4.90 Å². The maximum Gasteiger partial charge on any atom is 0.407 e. The van der Waals surface area contributed by atoms with Crippen molar-refractivity contribution in [2.75, 3.05) is 18.0 Å². The third-order valence-corrected chi connectivity index (χ3v) is 3.95. The van der Waals surface area contributed by atoms with Crippen molar-refractivity contribution in [1.82, 2.24) is 4.90 Å². The van der Waals surface area contributed by atoms with Gasteiger partial charge in [0.15, 0.2) is 0 Å². The summed E-state index contributed by atoms with van der Waals surface area (Å²) in [6.45, 7) is 4.93. The molecule has 6 heteroatoms. The summed E-state index contributed by atoms with van der Waals surface area (Å²) >= 11 is 6.06. The van der Waals surface area contributed by atoms with Gasteiger partial charge in [-0.3, -0.25) is 0 Å². The monoisotopic (exact) mass is 293 g/mol. The fourth-order valence-corrected chi connectivity index (χ4v) is 2.74. The van der Waals surface area contributed by atoms with E-state index in [-0.39, 0.29) is 12.1 Å². The van der Waals surface area contributed by atoms with Crippen LogP contribution in [0.1, 0.15) is 19.4 Å². The maximum absolute atomic E-state index is 11.1. The Balaban J connectivity index is 2.24. The van der Waals surface area contributed by atoms with Gasteiger partial charge >= 0.3 is 6.09 Å². The molecular weight excluding hydrogens is 278 g/mol. The molecule has 2 atom stereocenters. The standard InChI is InChI=1S/C14H16ClN3O2/c1-9-8-18(14(19)20)10(2)7-17(9)12-4-3-11(6-16)13(15)5-12/h3-5,9-10H,7-8H2,1-2H3,(H,19,20)/t9-,10+/m0/s1. The Kier molecular flexibility index (Phi) is 4.05. The molecule has 1 fully saturated rings. The molecule has 1 aromatic carbocycles. The van der Waals surface area contributed by atoms with Crippen LogP contribution in [-0.4, -0.2) is 41.3 Å². The molecular formula is C14H16ClN3O2. The highest BCUT2D eigenvalue weighted by atomic mass is 35.5. The molecule has 0 bridgehead atoms. The Morgan fingerprint density at radius 2 is 2.10 bits per heavy atom. The van der Waals surface area contributed by atoms with Gasteiger partial charge in [0, 0.05) is 30.9 Å². The average Bonchev–Trinajstić information content (AvgIpc) is 2.40. The molecule has 1 N–H and O–H groups in total. The number of hydrogen-bond acceptors (Lipinski definition) is 3. The van der Waals surface area contributed by atoms with Crippen molar-refractivity contribution in [3.8, 4) is 6.07 Å². The topological polar surface area (TPSA) is 67.6 Å². The lowest BCUT2D eigenvalue weighted by molar-refractivity contribution is 0.114. The molecule has 1 saturated heterocycles. The van der Waals surface area contributed by atoms with Gasteiger partial charge in [-0.05, 0) is 32.0 Å². The zero-order valence-electron chi connectivity index (χ0n) is 11.4. The lowest BCUT2D eigenvalue weighted by atomic mass is 10.1. The van der Waals surface area contributed by atoms with E-state index in [1.54, 1.807) is 12.1 Å². The number of anilines is 1. The first kappa shape index (κ1) is 14.5. The van der Waals surface area contributed by atoms with Crippen LogP contribution in [0, 0.1) is 11.3 Å². The van der Waals surface area contributed by atoms with Crippen molar-refractivity contribution >= 4 is 23.4 Å². The molecule has 0 aromatic heterocycles. The van der Waals surface area contributed by atoms with Crippen LogP contribution in [0.3, 0.4) is 0 Å². The zero-order valence-corrected chi connectivity index (χ0v) is 12.1. The van der Waals surface area contributed by atoms with Gasteiger partial charge in [-0.15, -0.1) is 0 Å². The van der Waals surface area contributed by atoms with E-state index in [9.17, 15) is 4.79 Å². The molecule has 0 radical (unpaired) electrons. The Morgan fingerprint density at radius 3 is 2.65 bits per heavy atom. The van der Waals surface area contributed by atoms with Gasteiger partial charge in [0.25, 0.3) is 0 Å². The molecule has 1 amide bonds. The second-order valence-corrected chi connectivity index (χ2v) is 5.47. The number of halogens is 1. The normalized spacial score (nSPS) is 22.5. The van der Waals surface area contributed by atoms with Crippen LogP contribution in [-0.2, 0) is 0 Å². The van der Waals surface area contributed by atoms with E-state index < -0.39 is 6.09 Å². The Labute approximate surface area is 123 Å². The van der Waals surface area contributed by atoms with Crippen LogP contribution in [0.25, 0.3) is 0 Å². The van der Waals surface area contributed by atoms with E-state index in [1.807, 2.05) is 26.0 Å². The Bertz CT molecular complexity index is 570. The minimum atomic E-state index is -0.887. The molecule has 0 saturated carbocycles. The molecule has 1 aromatic rings. The van der Waals surface area contributed by atoms with Gasteiger partial charge in [-0.25, -0.2) is 4.79 Å². The summed E-state index contributed by atoms with van der Waals surface area (Å²) in [5.41, 5.74) is 1.36. The van der Waals surface area contributed by atoms with Crippen LogP contribution >= 0.6 is 11.6 Å². The van der Waals surface area contributed by atoms with Gasteiger partial charge < -0.3 is 14.9 Å². The van der Waals surface area contributed by atoms with E-state index in [0.717, 1.165) is 5.69 Å². The molecule has 20 heavy (non-hydrogen) atoms. The van der Waals surface area contributed by atoms with Crippen LogP contribution < -0.4 is 4.90 Å². The highest BCUT2D eigenvalue weighted by Gasteiger charge is 2.32. The number of nitriles is 1. The van der Waals surface area contributed by atoms with Crippen LogP contribution in [0.2, 0.25) is 5.02 Å². The van der Waals surface area contributed by atoms with E-state index in [2.05, 4.69) is 4.90 Å². The first-order chi connectivity index (χ1) is 9.43.